The van der Waals surface area contributed by atoms with E-state index in [0.29, 0.717) is 0 Å². The van der Waals surface area contributed by atoms with Crippen molar-refractivity contribution in [3.8, 4) is 0 Å². The molecule has 0 aliphatic heterocycles. The van der Waals surface area contributed by atoms with Crippen LogP contribution in [0, 0.1) is 0 Å². The predicted octanol–water partition coefficient (Wildman–Crippen LogP) is 3.69. The van der Waals surface area contributed by atoms with Crippen LogP contribution < -0.4 is 0 Å². The van der Waals surface area contributed by atoms with Crippen LogP contribution in [0.2, 0.25) is 0 Å². The van der Waals surface area contributed by atoms with E-state index in [1.807, 2.05) is 42.5 Å². The molecule has 70 valence electrons. The quantitative estimate of drug-likeness (QED) is 0.498. The van der Waals surface area contributed by atoms with Crippen LogP contribution in [0.4, 0.5) is 5.69 Å². The molecule has 0 amide bonds. The molecule has 0 spiro atoms. The van der Waals surface area contributed by atoms with Gasteiger partial charge in [-0.1, -0.05) is 49.6 Å². The van der Waals surface area contributed by atoms with E-state index in [0.717, 1.165) is 11.3 Å². The summed E-state index contributed by atoms with van der Waals surface area (Å²) in [5.41, 5.74) is 1.79. The average Bonchev–Trinajstić information content (AvgIpc) is 2.25. The van der Waals surface area contributed by atoms with Crippen LogP contribution in [0.3, 0.4) is 0 Å². The van der Waals surface area contributed by atoms with Gasteiger partial charge in [-0.05, 0) is 17.7 Å². The van der Waals surface area contributed by atoms with Crippen LogP contribution in [-0.2, 0) is 0 Å². The van der Waals surface area contributed by atoms with E-state index in [-0.39, 0.29) is 0 Å². The van der Waals surface area contributed by atoms with Crippen molar-refractivity contribution in [1.82, 2.24) is 0 Å². The van der Waals surface area contributed by atoms with Crippen LogP contribution in [0.15, 0.2) is 72.3 Å². The highest BCUT2D eigenvalue weighted by Crippen LogP contribution is 2.09. The monoisotopic (exact) mass is 183 g/mol. The highest BCUT2D eigenvalue weighted by molar-refractivity contribution is 5.83. The van der Waals surface area contributed by atoms with Crippen molar-refractivity contribution in [1.29, 1.82) is 0 Å². The van der Waals surface area contributed by atoms with Crippen molar-refractivity contribution in [3.63, 3.8) is 0 Å². The first-order chi connectivity index (χ1) is 6.83. The van der Waals surface area contributed by atoms with Gasteiger partial charge in [-0.2, -0.15) is 0 Å². The van der Waals surface area contributed by atoms with Crippen LogP contribution in [0.1, 0.15) is 0 Å². The summed E-state index contributed by atoms with van der Waals surface area (Å²) in [6.07, 6.45) is 7.13. The molecular formula is C13H13N. The molecule has 0 unspecified atom stereocenters. The second-order valence-electron chi connectivity index (χ2n) is 2.76. The van der Waals surface area contributed by atoms with Gasteiger partial charge in [-0.3, -0.25) is 4.99 Å². The fourth-order valence-corrected chi connectivity index (χ4v) is 0.906. The molecule has 1 aromatic rings. The molecule has 0 saturated carbocycles. The van der Waals surface area contributed by atoms with E-state index in [9.17, 15) is 0 Å². The summed E-state index contributed by atoms with van der Waals surface area (Å²) in [7, 11) is 0. The van der Waals surface area contributed by atoms with Crippen LogP contribution in [0.5, 0.6) is 0 Å². The first-order valence-electron chi connectivity index (χ1n) is 4.40. The third kappa shape index (κ3) is 3.68. The lowest BCUT2D eigenvalue weighted by atomic mass is 10.3. The zero-order valence-corrected chi connectivity index (χ0v) is 8.06. The summed E-state index contributed by atoms with van der Waals surface area (Å²) in [5.74, 6) is 0. The molecule has 0 aliphatic rings. The van der Waals surface area contributed by atoms with Gasteiger partial charge < -0.3 is 0 Å². The molecule has 0 aliphatic carbocycles. The largest absolute Gasteiger partial charge is 0.256 e. The van der Waals surface area contributed by atoms with Gasteiger partial charge in [0.1, 0.15) is 0 Å². The first kappa shape index (κ1) is 10.2. The van der Waals surface area contributed by atoms with Crippen molar-refractivity contribution < 1.29 is 0 Å². The lowest BCUT2D eigenvalue weighted by Crippen LogP contribution is -1.75. The highest BCUT2D eigenvalue weighted by Gasteiger charge is 1.83. The van der Waals surface area contributed by atoms with Crippen molar-refractivity contribution in [2.75, 3.05) is 0 Å². The smallest absolute Gasteiger partial charge is 0.0629 e. The number of nitrogens with zero attached hydrogens (tertiary/aromatic N) is 1. The number of para-hydroxylation sites is 1. The Kier molecular flexibility index (Phi) is 4.15. The molecular weight excluding hydrogens is 170 g/mol. The summed E-state index contributed by atoms with van der Waals surface area (Å²) in [6.45, 7) is 7.40. The summed E-state index contributed by atoms with van der Waals surface area (Å²) < 4.78 is 0. The molecule has 0 saturated heterocycles. The Morgan fingerprint density at radius 1 is 1.21 bits per heavy atom. The van der Waals surface area contributed by atoms with Crippen LogP contribution in [-0.4, -0.2) is 6.21 Å². The van der Waals surface area contributed by atoms with Gasteiger partial charge in [-0.25, -0.2) is 0 Å². The molecule has 1 rings (SSSR count). The zero-order valence-electron chi connectivity index (χ0n) is 8.06. The fourth-order valence-electron chi connectivity index (χ4n) is 0.906. The van der Waals surface area contributed by atoms with Crippen molar-refractivity contribution in [2.24, 2.45) is 4.99 Å². The van der Waals surface area contributed by atoms with E-state index >= 15 is 0 Å². The Bertz CT molecular complexity index is 358. The maximum Gasteiger partial charge on any atom is 0.0629 e. The van der Waals surface area contributed by atoms with Gasteiger partial charge in [0.05, 0.1) is 5.69 Å². The third-order valence-electron chi connectivity index (χ3n) is 1.58. The number of rotatable bonds is 4. The Morgan fingerprint density at radius 3 is 2.57 bits per heavy atom. The lowest BCUT2D eigenvalue weighted by molar-refractivity contribution is 1.53. The second-order valence-corrected chi connectivity index (χ2v) is 2.76. The van der Waals surface area contributed by atoms with Gasteiger partial charge in [0.25, 0.3) is 0 Å². The van der Waals surface area contributed by atoms with E-state index in [2.05, 4.69) is 18.2 Å². The Balaban J connectivity index is 2.60. The Hall–Kier alpha value is -1.89. The molecule has 0 bridgehead atoms. The van der Waals surface area contributed by atoms with Crippen molar-refractivity contribution in [3.05, 3.63) is 67.3 Å². The number of aliphatic imine (C=N–C) groups is 1. The maximum absolute atomic E-state index is 4.25. The molecule has 0 fully saturated rings. The summed E-state index contributed by atoms with van der Waals surface area (Å²) in [5, 5.41) is 0. The SMILES string of the molecule is C=C/C=C\C(=C)C=Nc1ccccc1. The van der Waals surface area contributed by atoms with Gasteiger partial charge in [0.15, 0.2) is 0 Å². The predicted molar refractivity (Wildman–Crippen MR) is 63.1 cm³/mol. The first-order valence-corrected chi connectivity index (χ1v) is 4.40. The molecule has 0 aromatic heterocycles. The number of hydrogen-bond acceptors (Lipinski definition) is 1. The topological polar surface area (TPSA) is 12.4 Å². The van der Waals surface area contributed by atoms with Crippen LogP contribution in [0.25, 0.3) is 0 Å². The number of benzene rings is 1. The van der Waals surface area contributed by atoms with Gasteiger partial charge >= 0.3 is 0 Å². The van der Waals surface area contributed by atoms with E-state index in [1.165, 1.54) is 0 Å². The molecule has 1 aromatic carbocycles. The number of hydrogen-bond donors (Lipinski definition) is 0. The Labute approximate surface area is 84.8 Å². The molecule has 0 radical (unpaired) electrons. The standard InChI is InChI=1S/C13H13N/c1-3-4-8-12(2)11-14-13-9-6-5-7-10-13/h3-11H,1-2H2/b8-4-,14-11?. The number of allylic oxidation sites excluding steroid dienone is 4. The van der Waals surface area contributed by atoms with E-state index in [4.69, 9.17) is 0 Å². The summed E-state index contributed by atoms with van der Waals surface area (Å²) in [6, 6.07) is 9.76. The van der Waals surface area contributed by atoms with Crippen LogP contribution >= 0.6 is 0 Å². The van der Waals surface area contributed by atoms with Gasteiger partial charge in [0, 0.05) is 6.21 Å². The molecule has 0 N–H and O–H groups in total. The van der Waals surface area contributed by atoms with Gasteiger partial charge in [0.2, 0.25) is 0 Å². The van der Waals surface area contributed by atoms with Gasteiger partial charge in [-0.15, -0.1) is 0 Å². The minimum atomic E-state index is 0.855. The highest BCUT2D eigenvalue weighted by atomic mass is 14.7. The fraction of sp³-hybridized carbons (Fsp3) is 0. The molecule has 0 atom stereocenters. The molecule has 1 nitrogen and oxygen atoms in total. The maximum atomic E-state index is 4.25. The molecule has 0 heterocycles. The third-order valence-corrected chi connectivity index (χ3v) is 1.58. The summed E-state index contributed by atoms with van der Waals surface area (Å²) in [4.78, 5) is 4.25. The van der Waals surface area contributed by atoms with Crippen molar-refractivity contribution in [2.45, 2.75) is 0 Å². The molecule has 1 heteroatoms. The summed E-state index contributed by atoms with van der Waals surface area (Å²) >= 11 is 0. The van der Waals surface area contributed by atoms with Crippen molar-refractivity contribution >= 4 is 11.9 Å². The lowest BCUT2D eigenvalue weighted by Gasteiger charge is -1.91. The Morgan fingerprint density at radius 2 is 1.93 bits per heavy atom. The normalized spacial score (nSPS) is 10.9. The minimum Gasteiger partial charge on any atom is -0.256 e. The van der Waals surface area contributed by atoms with E-state index in [1.54, 1.807) is 12.3 Å². The minimum absolute atomic E-state index is 0.855. The second kappa shape index (κ2) is 5.70. The average molecular weight is 183 g/mol. The van der Waals surface area contributed by atoms with E-state index < -0.39 is 0 Å². The molecule has 14 heavy (non-hydrogen) atoms. The zero-order chi connectivity index (χ0) is 10.2.